The third-order valence-electron chi connectivity index (χ3n) is 16.9. The van der Waals surface area contributed by atoms with Crippen LogP contribution in [0.5, 0.6) is 0 Å². The lowest BCUT2D eigenvalue weighted by Gasteiger charge is -2.24. The molecule has 0 heterocycles. The third kappa shape index (κ3) is 78.1. The van der Waals surface area contributed by atoms with E-state index in [0.717, 1.165) is 118 Å². The number of carbonyl (C=O) groups is 12. The first-order valence-electron chi connectivity index (χ1n) is 46.5. The Bertz CT molecular complexity index is 5160. The Kier molecular flexibility index (Phi) is 66.7. The minimum absolute atomic E-state index is 0.00199. The maximum absolute atomic E-state index is 12.2. The lowest BCUT2D eigenvalue weighted by Crippen LogP contribution is -2.42. The zero-order chi connectivity index (χ0) is 110. The van der Waals surface area contributed by atoms with E-state index >= 15 is 0 Å². The molecule has 6 atom stereocenters. The van der Waals surface area contributed by atoms with Crippen molar-refractivity contribution in [2.75, 3.05) is 56.9 Å². The molecule has 0 spiro atoms. The van der Waals surface area contributed by atoms with E-state index in [-0.39, 0.29) is 127 Å². The van der Waals surface area contributed by atoms with Gasteiger partial charge in [-0.05, 0) is 185 Å². The summed E-state index contributed by atoms with van der Waals surface area (Å²) in [6.07, 6.45) is 19.4. The van der Waals surface area contributed by atoms with Crippen molar-refractivity contribution in [1.82, 2.24) is 28.3 Å². The van der Waals surface area contributed by atoms with Gasteiger partial charge in [-0.25, -0.2) is 136 Å². The normalized spacial score (nSPS) is 14.9. The molecule has 0 aromatic heterocycles. The van der Waals surface area contributed by atoms with E-state index < -0.39 is 168 Å². The lowest BCUT2D eigenvalue weighted by atomic mass is 9.91. The number of ether oxygens (including phenoxy) is 12. The smallest absolute Gasteiger partial charge is 0.331 e. The summed E-state index contributed by atoms with van der Waals surface area (Å²) in [6, 6.07) is 13.2. The highest BCUT2D eigenvalue weighted by Crippen LogP contribution is 2.26. The molecule has 2 aliphatic carbocycles. The van der Waals surface area contributed by atoms with E-state index in [1.54, 1.807) is 187 Å². The summed E-state index contributed by atoms with van der Waals surface area (Å²) < 4.78 is 217. The van der Waals surface area contributed by atoms with Gasteiger partial charge in [-0.2, -0.15) is 0 Å². The van der Waals surface area contributed by atoms with Crippen LogP contribution >= 0.6 is 0 Å². The van der Waals surface area contributed by atoms with Crippen molar-refractivity contribution in [3.8, 4) is 0 Å². The van der Waals surface area contributed by atoms with Crippen LogP contribution < -0.4 is 28.3 Å². The summed E-state index contributed by atoms with van der Waals surface area (Å²) in [6.45, 7) is 38.1. The van der Waals surface area contributed by atoms with Crippen molar-refractivity contribution in [3.63, 3.8) is 0 Å². The van der Waals surface area contributed by atoms with Crippen LogP contribution in [0.2, 0.25) is 0 Å². The van der Waals surface area contributed by atoms with E-state index in [1.807, 2.05) is 20.8 Å². The Morgan fingerprint density at radius 3 is 0.825 bits per heavy atom. The highest BCUT2D eigenvalue weighted by atomic mass is 32.2. The molecule has 2 aromatic rings. The molecular weight excluding hydrogens is 1990 g/mol. The first kappa shape index (κ1) is 135. The average Bonchev–Trinajstić information content (AvgIpc) is 0.843. The van der Waals surface area contributed by atoms with Gasteiger partial charge < -0.3 is 56.8 Å². The van der Waals surface area contributed by atoms with Crippen molar-refractivity contribution in [3.05, 3.63) is 139 Å². The predicted molar refractivity (Wildman–Crippen MR) is 534 cm³/mol. The zero-order valence-electron chi connectivity index (χ0n) is 86.2. The van der Waals surface area contributed by atoms with Gasteiger partial charge in [0.05, 0.1) is 106 Å². The van der Waals surface area contributed by atoms with Crippen LogP contribution in [-0.4, -0.2) is 257 Å². The van der Waals surface area contributed by atoms with Gasteiger partial charge in [-0.15, -0.1) is 0 Å². The van der Waals surface area contributed by atoms with E-state index in [2.05, 4.69) is 28.3 Å². The van der Waals surface area contributed by atoms with Gasteiger partial charge in [0.1, 0.15) is 39.6 Å². The summed E-state index contributed by atoms with van der Waals surface area (Å²) in [5.74, 6) is -8.15. The predicted octanol–water partition coefficient (Wildman–Crippen LogP) is 8.95. The Morgan fingerprint density at radius 1 is 0.301 bits per heavy atom. The van der Waals surface area contributed by atoms with Crippen LogP contribution in [0, 0.1) is 17.3 Å². The molecule has 4 rings (SSSR count). The maximum atomic E-state index is 12.2. The molecule has 6 unspecified atom stereocenters. The monoisotopic (exact) mass is 2140 g/mol. The minimum atomic E-state index is -3.68. The van der Waals surface area contributed by atoms with E-state index in [0.29, 0.717) is 18.4 Å². The van der Waals surface area contributed by atoms with Gasteiger partial charge in [0, 0.05) is 72.9 Å². The maximum Gasteiger partial charge on any atom is 0.331 e. The van der Waals surface area contributed by atoms with Crippen molar-refractivity contribution >= 4 is 132 Å². The van der Waals surface area contributed by atoms with Gasteiger partial charge in [0.15, 0.2) is 0 Å². The Morgan fingerprint density at radius 2 is 0.545 bits per heavy atom. The third-order valence-corrected chi connectivity index (χ3v) is 27.6. The quantitative estimate of drug-likeness (QED) is 0.0204. The molecule has 2 aromatic carbocycles. The van der Waals surface area contributed by atoms with Gasteiger partial charge >= 0.3 is 71.6 Å². The highest BCUT2D eigenvalue weighted by Gasteiger charge is 2.31. The fraction of sp³-hybridized carbons (Fsp3) is 0.621. The van der Waals surface area contributed by atoms with Crippen LogP contribution in [0.3, 0.4) is 0 Å². The summed E-state index contributed by atoms with van der Waals surface area (Å²) in [4.78, 5) is 136. The van der Waals surface area contributed by atoms with Gasteiger partial charge in [-0.3, -0.25) is 0 Å². The lowest BCUT2D eigenvalue weighted by molar-refractivity contribution is -0.143. The molecule has 0 radical (unpaired) electrons. The molecule has 0 saturated heterocycles. The number of sulfonamides is 6. The molecule has 814 valence electrons. The standard InChI is InChI=1S/C17H29NO6S.C17H23NO6S.C16H27NO6S.C16H21NO6S.C15H27NO6S.C14H25NO6S/c2*1-13(2)24-17(20)10-9-16(19)23-11-14(3)18-25(21,22)12-15-7-5-4-6-8-15;2*1-12(2)23-16(19)10-9-15(18)22-11-13(3)17-24(20,21)14-7-5-4-6-8-14;1-11(2)22-14(18)8-7-13(17)21-9-12(3)16-23(19,20)10-15(4,5)6;1-10(2)9-22(18,19)15-12(5)8-20-13(16)6-7-14(17)21-11(3)4/h9-10,13-15,18H,4-8,11-12H2,1-3H3;4-10,13-14,18H,11-12H2,1-3H3;9-10,12-14,17H,4-8,11H2,1-3H3;4-10,12-13,17H,11H2,1-3H3;7-8,11-12,16H,9-10H2,1-6H3;6-7,10-12,15H,8-9H2,1-5H3/b4*10-9+;8-7+;7-6+. The van der Waals surface area contributed by atoms with Crippen LogP contribution in [0.25, 0.3) is 0 Å². The first-order chi connectivity index (χ1) is 66.1. The Hall–Kier alpha value is -10.0. The van der Waals surface area contributed by atoms with Crippen molar-refractivity contribution < 1.29 is 165 Å². The fourth-order valence-electron chi connectivity index (χ4n) is 11.7. The molecule has 6 N–H and O–H groups in total. The second kappa shape index (κ2) is 70.7. The van der Waals surface area contributed by atoms with E-state index in [4.69, 9.17) is 56.8 Å². The molecule has 0 amide bonds. The minimum Gasteiger partial charge on any atom is -0.461 e. The van der Waals surface area contributed by atoms with Crippen LogP contribution in [-0.2, 0) is 180 Å². The number of rotatable bonds is 51. The van der Waals surface area contributed by atoms with Crippen molar-refractivity contribution in [1.29, 1.82) is 0 Å². The molecule has 0 aliphatic heterocycles. The van der Waals surface area contributed by atoms with Gasteiger partial charge in [-0.1, -0.05) is 122 Å². The summed E-state index contributed by atoms with van der Waals surface area (Å²) >= 11 is 0. The van der Waals surface area contributed by atoms with Crippen LogP contribution in [0.15, 0.2) is 138 Å². The number of hydrogen-bond acceptors (Lipinski definition) is 36. The molecule has 48 heteroatoms. The van der Waals surface area contributed by atoms with E-state index in [9.17, 15) is 108 Å². The van der Waals surface area contributed by atoms with Crippen LogP contribution in [0.1, 0.15) is 229 Å². The van der Waals surface area contributed by atoms with Gasteiger partial charge in [0.2, 0.25) is 60.1 Å². The number of carbonyl (C=O) groups excluding carboxylic acids is 12. The summed E-state index contributed by atoms with van der Waals surface area (Å²) in [5.41, 5.74) is 0.285. The van der Waals surface area contributed by atoms with E-state index in [1.165, 1.54) is 18.6 Å². The highest BCUT2D eigenvalue weighted by molar-refractivity contribution is 7.91. The summed E-state index contributed by atoms with van der Waals surface area (Å²) in [7, 11) is -20.9. The molecule has 42 nitrogen and oxygen atoms in total. The molecule has 2 aliphatic rings. The second-order valence-electron chi connectivity index (χ2n) is 36.5. The zero-order valence-corrected chi connectivity index (χ0v) is 91.0. The van der Waals surface area contributed by atoms with Gasteiger partial charge in [0.25, 0.3) is 0 Å². The number of esters is 12. The molecule has 2 fully saturated rings. The Labute approximate surface area is 845 Å². The SMILES string of the molecule is CC(C)CS(=O)(=O)NC(C)COC(=O)/C=C/C(=O)OC(C)C.CC(COC(=O)/C=C/C(=O)OC(C)C)NS(=O)(=O)C1CCCCC1.CC(COC(=O)/C=C/C(=O)OC(C)C)NS(=O)(=O)CC(C)(C)C.CC(COC(=O)/C=C/C(=O)OC(C)C)NS(=O)(=O)CC1CCCCC1.CC(COC(=O)/C=C/C(=O)OC(C)C)NS(=O)(=O)Cc1ccccc1.CC(COC(=O)/C=C/C(=O)OC(C)C)NS(=O)(=O)c1ccccc1. The molecule has 0 bridgehead atoms. The number of hydrogen-bond donors (Lipinski definition) is 6. The number of benzene rings is 2. The number of nitrogens with one attached hydrogen (secondary N) is 6. The van der Waals surface area contributed by atoms with Crippen molar-refractivity contribution in [2.45, 2.75) is 312 Å². The Balaban J connectivity index is 0. The average molecular weight is 2150 g/mol. The van der Waals surface area contributed by atoms with Crippen molar-refractivity contribution in [2.24, 2.45) is 17.3 Å². The van der Waals surface area contributed by atoms with Crippen LogP contribution in [0.4, 0.5) is 0 Å². The fourth-order valence-corrected chi connectivity index (χ4v) is 21.4. The molecular formula is C95H152N6O36S6. The second-order valence-corrected chi connectivity index (χ2v) is 47.3. The molecule has 143 heavy (non-hydrogen) atoms. The summed E-state index contributed by atoms with van der Waals surface area (Å²) in [5, 5.41) is -0.366. The topological polar surface area (TPSA) is 593 Å². The molecule has 2 saturated carbocycles. The largest absolute Gasteiger partial charge is 0.461 e. The first-order valence-corrected chi connectivity index (χ1v) is 56.2.